The fourth-order valence-electron chi connectivity index (χ4n) is 3.24. The Labute approximate surface area is 150 Å². The van der Waals surface area contributed by atoms with Gasteiger partial charge in [-0.15, -0.1) is 0 Å². The molecule has 0 unspecified atom stereocenters. The van der Waals surface area contributed by atoms with Gasteiger partial charge in [-0.3, -0.25) is 4.79 Å². The van der Waals surface area contributed by atoms with Crippen molar-refractivity contribution >= 4 is 34.3 Å². The van der Waals surface area contributed by atoms with Gasteiger partial charge in [-0.05, 0) is 25.1 Å². The van der Waals surface area contributed by atoms with Gasteiger partial charge in [-0.1, -0.05) is 29.8 Å². The summed E-state index contributed by atoms with van der Waals surface area (Å²) in [5.74, 6) is 1.25. The number of hydrogen-bond acceptors (Lipinski definition) is 4. The van der Waals surface area contributed by atoms with Crippen LogP contribution in [0.1, 0.15) is 16.1 Å². The first kappa shape index (κ1) is 16.0. The summed E-state index contributed by atoms with van der Waals surface area (Å²) < 4.78 is 5.81. The third-order valence-corrected chi connectivity index (χ3v) is 4.95. The van der Waals surface area contributed by atoms with Crippen LogP contribution in [0.2, 0.25) is 5.02 Å². The zero-order chi connectivity index (χ0) is 17.4. The second-order valence-electron chi connectivity index (χ2n) is 6.14. The summed E-state index contributed by atoms with van der Waals surface area (Å²) in [6.45, 7) is 4.68. The normalized spacial score (nSPS) is 15.0. The lowest BCUT2D eigenvalue weighted by Crippen LogP contribution is -2.49. The molecule has 0 atom stereocenters. The molecule has 2 aromatic heterocycles. The summed E-state index contributed by atoms with van der Waals surface area (Å²) in [5, 5.41) is 1.42. The molecule has 4 rings (SSSR count). The second kappa shape index (κ2) is 6.41. The number of carbonyl (C=O) groups is 1. The Balaban J connectivity index is 1.53. The summed E-state index contributed by atoms with van der Waals surface area (Å²) in [5.41, 5.74) is 1.42. The van der Waals surface area contributed by atoms with Crippen molar-refractivity contribution in [2.75, 3.05) is 31.1 Å². The molecule has 5 nitrogen and oxygen atoms in total. The molecule has 3 heterocycles. The number of carbonyl (C=O) groups excluding carboxylic acids is 1. The predicted molar refractivity (Wildman–Crippen MR) is 98.3 cm³/mol. The van der Waals surface area contributed by atoms with Gasteiger partial charge in [-0.25, -0.2) is 4.98 Å². The number of nitrogens with zero attached hydrogens (tertiary/aromatic N) is 3. The molecule has 1 amide bonds. The molecule has 1 saturated heterocycles. The minimum Gasteiger partial charge on any atom is -0.449 e. The second-order valence-corrected chi connectivity index (χ2v) is 6.55. The summed E-state index contributed by atoms with van der Waals surface area (Å²) in [7, 11) is 0. The molecule has 0 aliphatic carbocycles. The average Bonchev–Trinajstić information content (AvgIpc) is 3.00. The topological polar surface area (TPSA) is 49.6 Å². The van der Waals surface area contributed by atoms with Crippen LogP contribution in [0.4, 0.5) is 5.82 Å². The molecule has 6 heteroatoms. The number of hydrogen-bond donors (Lipinski definition) is 0. The van der Waals surface area contributed by atoms with Gasteiger partial charge in [0, 0.05) is 43.3 Å². The van der Waals surface area contributed by atoms with Gasteiger partial charge >= 0.3 is 0 Å². The van der Waals surface area contributed by atoms with Gasteiger partial charge in [0.2, 0.25) is 0 Å². The minimum atomic E-state index is -0.0783. The number of para-hydroxylation sites is 1. The van der Waals surface area contributed by atoms with Crippen LogP contribution in [0.5, 0.6) is 0 Å². The number of anilines is 1. The Bertz CT molecular complexity index is 915. The molecular formula is C19H18ClN3O2. The van der Waals surface area contributed by atoms with Crippen LogP contribution < -0.4 is 4.90 Å². The maximum atomic E-state index is 12.9. The molecule has 25 heavy (non-hydrogen) atoms. The number of pyridine rings is 1. The Kier molecular flexibility index (Phi) is 4.09. The molecule has 0 saturated carbocycles. The summed E-state index contributed by atoms with van der Waals surface area (Å²) in [6, 6.07) is 11.4. The maximum Gasteiger partial charge on any atom is 0.290 e. The van der Waals surface area contributed by atoms with Gasteiger partial charge in [0.15, 0.2) is 11.3 Å². The third-order valence-electron chi connectivity index (χ3n) is 4.65. The first-order chi connectivity index (χ1) is 12.1. The van der Waals surface area contributed by atoms with Crippen molar-refractivity contribution in [3.05, 3.63) is 58.9 Å². The molecule has 0 radical (unpaired) electrons. The van der Waals surface area contributed by atoms with Gasteiger partial charge in [0.25, 0.3) is 5.91 Å². The quantitative estimate of drug-likeness (QED) is 0.702. The average molecular weight is 356 g/mol. The molecule has 3 aromatic rings. The molecular weight excluding hydrogens is 338 g/mol. The van der Waals surface area contributed by atoms with E-state index in [9.17, 15) is 4.79 Å². The molecule has 0 N–H and O–H groups in total. The molecule has 0 spiro atoms. The smallest absolute Gasteiger partial charge is 0.290 e. The van der Waals surface area contributed by atoms with Crippen molar-refractivity contribution in [2.45, 2.75) is 6.92 Å². The lowest BCUT2D eigenvalue weighted by atomic mass is 10.1. The maximum absolute atomic E-state index is 12.9. The fraction of sp³-hybridized carbons (Fsp3) is 0.263. The van der Waals surface area contributed by atoms with E-state index in [2.05, 4.69) is 9.88 Å². The predicted octanol–water partition coefficient (Wildman–Crippen LogP) is 3.75. The van der Waals surface area contributed by atoms with E-state index in [1.54, 1.807) is 12.3 Å². The Morgan fingerprint density at radius 2 is 1.92 bits per heavy atom. The summed E-state index contributed by atoms with van der Waals surface area (Å²) in [6.07, 6.45) is 1.79. The van der Waals surface area contributed by atoms with Crippen molar-refractivity contribution in [1.82, 2.24) is 9.88 Å². The van der Waals surface area contributed by atoms with E-state index >= 15 is 0 Å². The Hall–Kier alpha value is -2.53. The number of halogens is 1. The first-order valence-electron chi connectivity index (χ1n) is 8.28. The van der Waals surface area contributed by atoms with Crippen LogP contribution >= 0.6 is 11.6 Å². The largest absolute Gasteiger partial charge is 0.449 e. The molecule has 128 valence electrons. The zero-order valence-corrected chi connectivity index (χ0v) is 14.7. The number of benzene rings is 1. The van der Waals surface area contributed by atoms with E-state index in [1.807, 2.05) is 42.2 Å². The highest BCUT2D eigenvalue weighted by Crippen LogP contribution is 2.31. The number of amides is 1. The summed E-state index contributed by atoms with van der Waals surface area (Å²) in [4.78, 5) is 21.3. The molecule has 1 fully saturated rings. The van der Waals surface area contributed by atoms with Crippen LogP contribution in [0.3, 0.4) is 0 Å². The minimum absolute atomic E-state index is 0.0783. The lowest BCUT2D eigenvalue weighted by molar-refractivity contribution is 0.0716. The first-order valence-corrected chi connectivity index (χ1v) is 8.66. The van der Waals surface area contributed by atoms with Crippen LogP contribution in [0.25, 0.3) is 11.0 Å². The number of rotatable bonds is 2. The van der Waals surface area contributed by atoms with E-state index in [1.165, 1.54) is 0 Å². The van der Waals surface area contributed by atoms with Crippen molar-refractivity contribution in [3.63, 3.8) is 0 Å². The van der Waals surface area contributed by atoms with Crippen molar-refractivity contribution in [1.29, 1.82) is 0 Å². The highest BCUT2D eigenvalue weighted by molar-refractivity contribution is 6.35. The van der Waals surface area contributed by atoms with Crippen molar-refractivity contribution < 1.29 is 9.21 Å². The number of fused-ring (bicyclic) bond motifs is 1. The Morgan fingerprint density at radius 1 is 1.12 bits per heavy atom. The SMILES string of the molecule is Cc1c(C(=O)N2CCN(c3ccccn3)CC2)oc2c(Cl)cccc12. The van der Waals surface area contributed by atoms with E-state index in [-0.39, 0.29) is 5.91 Å². The highest BCUT2D eigenvalue weighted by atomic mass is 35.5. The van der Waals surface area contributed by atoms with E-state index in [0.717, 1.165) is 29.9 Å². The van der Waals surface area contributed by atoms with Gasteiger partial charge < -0.3 is 14.2 Å². The van der Waals surface area contributed by atoms with Gasteiger partial charge in [-0.2, -0.15) is 0 Å². The van der Waals surface area contributed by atoms with Gasteiger partial charge in [0.05, 0.1) is 5.02 Å². The molecule has 1 aliphatic heterocycles. The van der Waals surface area contributed by atoms with E-state index in [0.29, 0.717) is 29.5 Å². The van der Waals surface area contributed by atoms with E-state index < -0.39 is 0 Å². The molecule has 1 aliphatic rings. The number of furan rings is 1. The van der Waals surface area contributed by atoms with Crippen molar-refractivity contribution in [3.8, 4) is 0 Å². The fourth-order valence-corrected chi connectivity index (χ4v) is 3.45. The van der Waals surface area contributed by atoms with Crippen LogP contribution in [-0.2, 0) is 0 Å². The number of aromatic nitrogens is 1. The molecule has 0 bridgehead atoms. The highest BCUT2D eigenvalue weighted by Gasteiger charge is 2.27. The summed E-state index contributed by atoms with van der Waals surface area (Å²) >= 11 is 6.19. The van der Waals surface area contributed by atoms with Crippen LogP contribution in [-0.4, -0.2) is 42.0 Å². The van der Waals surface area contributed by atoms with Crippen molar-refractivity contribution in [2.24, 2.45) is 0 Å². The van der Waals surface area contributed by atoms with Gasteiger partial charge in [0.1, 0.15) is 5.82 Å². The van der Waals surface area contributed by atoms with Crippen LogP contribution in [0, 0.1) is 6.92 Å². The zero-order valence-electron chi connectivity index (χ0n) is 13.9. The Morgan fingerprint density at radius 3 is 2.60 bits per heavy atom. The number of piperazine rings is 1. The van der Waals surface area contributed by atoms with Crippen LogP contribution in [0.15, 0.2) is 47.0 Å². The lowest BCUT2D eigenvalue weighted by Gasteiger charge is -2.35. The monoisotopic (exact) mass is 355 g/mol. The number of aryl methyl sites for hydroxylation is 1. The molecule has 1 aromatic carbocycles. The standard InChI is InChI=1S/C19H18ClN3O2/c1-13-14-5-4-6-15(20)18(14)25-17(13)19(24)23-11-9-22(10-12-23)16-7-2-3-8-21-16/h2-8H,9-12H2,1H3. The van der Waals surface area contributed by atoms with E-state index in [4.69, 9.17) is 16.0 Å². The third kappa shape index (κ3) is 2.85.